The van der Waals surface area contributed by atoms with E-state index in [1.807, 2.05) is 36.8 Å². The Hall–Kier alpha value is -4.78. The molecule has 12 N–H and O–H groups in total. The van der Waals surface area contributed by atoms with Crippen molar-refractivity contribution in [1.82, 2.24) is 31.6 Å². The van der Waals surface area contributed by atoms with Gasteiger partial charge in [-0.25, -0.2) is 4.79 Å². The van der Waals surface area contributed by atoms with Crippen LogP contribution in [0, 0.1) is 5.92 Å². The summed E-state index contributed by atoms with van der Waals surface area (Å²) in [4.78, 5) is 83.9. The summed E-state index contributed by atoms with van der Waals surface area (Å²) in [6.45, 7) is 3.78. The molecule has 0 spiro atoms. The number of amides is 5. The number of phenols is 1. The summed E-state index contributed by atoms with van der Waals surface area (Å²) in [5.74, 6) is -3.91. The normalized spacial score (nSPS) is 14.4. The number of thioether (sulfide) groups is 2. The first-order chi connectivity index (χ1) is 28.2. The molecule has 0 saturated heterocycles. The molecule has 0 radical (unpaired) electrons. The van der Waals surface area contributed by atoms with Crippen molar-refractivity contribution >= 4 is 69.9 Å². The molecule has 0 aliphatic carbocycles. The second-order valence-corrected chi connectivity index (χ2v) is 16.7. The van der Waals surface area contributed by atoms with E-state index in [9.17, 15) is 39.0 Å². The lowest BCUT2D eigenvalue weighted by Crippen LogP contribution is -2.60. The Morgan fingerprint density at radius 2 is 1.25 bits per heavy atom. The molecule has 0 unspecified atom stereocenters. The van der Waals surface area contributed by atoms with Crippen LogP contribution in [0.1, 0.15) is 57.1 Å². The van der Waals surface area contributed by atoms with Gasteiger partial charge in [0.05, 0.1) is 6.04 Å². The second kappa shape index (κ2) is 25.0. The van der Waals surface area contributed by atoms with Gasteiger partial charge < -0.3 is 53.2 Å². The smallest absolute Gasteiger partial charge is 0.326 e. The van der Waals surface area contributed by atoms with Crippen molar-refractivity contribution in [2.24, 2.45) is 17.4 Å². The molecule has 0 aliphatic heterocycles. The van der Waals surface area contributed by atoms with E-state index in [2.05, 4.69) is 31.6 Å². The summed E-state index contributed by atoms with van der Waals surface area (Å²) < 4.78 is 0. The lowest BCUT2D eigenvalue weighted by atomic mass is 10.0. The molecule has 6 atom stereocenters. The number of aromatic hydroxyl groups is 1. The zero-order chi connectivity index (χ0) is 43.5. The van der Waals surface area contributed by atoms with E-state index in [1.54, 1.807) is 32.2 Å². The summed E-state index contributed by atoms with van der Waals surface area (Å²) >= 11 is 2.88. The minimum atomic E-state index is -1.25. The molecule has 0 aliphatic rings. The highest BCUT2D eigenvalue weighted by atomic mass is 32.2. The molecule has 0 saturated carbocycles. The van der Waals surface area contributed by atoms with Crippen LogP contribution < -0.4 is 38.1 Å². The van der Waals surface area contributed by atoms with Gasteiger partial charge >= 0.3 is 5.97 Å². The van der Waals surface area contributed by atoms with Crippen molar-refractivity contribution in [3.05, 3.63) is 65.9 Å². The number of carboxylic acids is 1. The molecule has 324 valence electrons. The number of hydrogen-bond acceptors (Lipinski definition) is 11. The molecular formula is C41H60N8O8S2. The number of hydrogen-bond donors (Lipinski definition) is 10. The van der Waals surface area contributed by atoms with Gasteiger partial charge in [0.2, 0.25) is 29.5 Å². The van der Waals surface area contributed by atoms with Gasteiger partial charge in [-0.05, 0) is 104 Å². The number of nitrogens with one attached hydrogen (secondary N) is 6. The first kappa shape index (κ1) is 48.6. The molecule has 5 amide bonds. The quantitative estimate of drug-likeness (QED) is 0.0518. The summed E-state index contributed by atoms with van der Waals surface area (Å²) in [6.07, 6.45) is 7.26. The Labute approximate surface area is 353 Å². The van der Waals surface area contributed by atoms with Crippen LogP contribution in [0.4, 0.5) is 0 Å². The standard InChI is InChI=1S/C41H60N8O8S2/c1-24(2)35(40(55)47-33(41(56)57)17-20-59-4)49-38(53)32(16-19-58-3)46-39(54)34(21-25-12-14-27(50)15-13-25)48-37(52)31(11-7-8-18-42)45-36(51)29(43)22-26-23-44-30-10-6-5-9-28(26)30/h5-6,9-10,12-15,23-24,29,31-35,44,50H,7-8,11,16-22,42-43H2,1-4H3,(H,45,51)(H,46,54)(H,47,55)(H,48,52)(H,49,53)(H,56,57)/t29-,31-,32-,33-,34+,35+/m1/s1. The van der Waals surface area contributed by atoms with Crippen LogP contribution in [0.3, 0.4) is 0 Å². The fraction of sp³-hybridized carbons (Fsp3) is 0.512. The van der Waals surface area contributed by atoms with E-state index in [1.165, 1.54) is 35.7 Å². The fourth-order valence-corrected chi connectivity index (χ4v) is 7.28. The van der Waals surface area contributed by atoms with Gasteiger partial charge in [0.25, 0.3) is 0 Å². The molecule has 16 nitrogen and oxygen atoms in total. The van der Waals surface area contributed by atoms with Crippen LogP contribution in [0.15, 0.2) is 54.7 Å². The van der Waals surface area contributed by atoms with Gasteiger partial charge in [-0.15, -0.1) is 0 Å². The number of carbonyl (C=O) groups is 6. The number of benzene rings is 2. The SMILES string of the molecule is CSCC[C@@H](NC(=O)[C@@H](NC(=O)[C@@H](CCSC)NC(=O)[C@H](Cc1ccc(O)cc1)NC(=O)[C@@H](CCCCN)NC(=O)[C@H](N)Cc1c[nH]c2ccccc12)C(C)C)C(=O)O. The van der Waals surface area contributed by atoms with Crippen LogP contribution in [0.2, 0.25) is 0 Å². The van der Waals surface area contributed by atoms with Gasteiger partial charge in [-0.2, -0.15) is 23.5 Å². The summed E-state index contributed by atoms with van der Waals surface area (Å²) in [5, 5.41) is 34.1. The number of fused-ring (bicyclic) bond motifs is 1. The number of para-hydroxylation sites is 1. The zero-order valence-corrected chi connectivity index (χ0v) is 35.8. The molecule has 59 heavy (non-hydrogen) atoms. The second-order valence-electron chi connectivity index (χ2n) is 14.7. The maximum absolute atomic E-state index is 14.2. The number of rotatable bonds is 26. The van der Waals surface area contributed by atoms with Crippen molar-refractivity contribution in [2.75, 3.05) is 30.6 Å². The number of nitrogens with two attached hydrogens (primary N) is 2. The highest BCUT2D eigenvalue weighted by Crippen LogP contribution is 2.19. The van der Waals surface area contributed by atoms with Gasteiger partial charge in [0, 0.05) is 23.5 Å². The van der Waals surface area contributed by atoms with Crippen molar-refractivity contribution in [1.29, 1.82) is 0 Å². The fourth-order valence-electron chi connectivity index (χ4n) is 6.34. The molecule has 2 aromatic carbocycles. The average Bonchev–Trinajstić information content (AvgIpc) is 3.61. The van der Waals surface area contributed by atoms with Crippen molar-refractivity contribution in [3.8, 4) is 5.75 Å². The lowest BCUT2D eigenvalue weighted by molar-refractivity contribution is -0.142. The number of phenolic OH excluding ortho intramolecular Hbond substituents is 1. The van der Waals surface area contributed by atoms with E-state index in [4.69, 9.17) is 11.5 Å². The van der Waals surface area contributed by atoms with Crippen LogP contribution in [-0.2, 0) is 41.6 Å². The number of carbonyl (C=O) groups excluding carboxylic acids is 5. The number of unbranched alkanes of at least 4 members (excludes halogenated alkanes) is 1. The van der Waals surface area contributed by atoms with Crippen molar-refractivity contribution < 1.29 is 39.0 Å². The third-order valence-electron chi connectivity index (χ3n) is 9.76. The van der Waals surface area contributed by atoms with E-state index in [0.717, 1.165) is 16.5 Å². The molecule has 1 aromatic heterocycles. The molecular weight excluding hydrogens is 797 g/mol. The van der Waals surface area contributed by atoms with Crippen LogP contribution in [0.25, 0.3) is 10.9 Å². The predicted molar refractivity (Wildman–Crippen MR) is 233 cm³/mol. The van der Waals surface area contributed by atoms with Crippen molar-refractivity contribution in [3.63, 3.8) is 0 Å². The first-order valence-corrected chi connectivity index (χ1v) is 22.5. The van der Waals surface area contributed by atoms with Gasteiger partial charge in [-0.3, -0.25) is 24.0 Å². The molecule has 3 rings (SSSR count). The van der Waals surface area contributed by atoms with E-state index in [0.29, 0.717) is 36.5 Å². The summed E-state index contributed by atoms with van der Waals surface area (Å²) in [6, 6.07) is 6.98. The Morgan fingerprint density at radius 3 is 1.88 bits per heavy atom. The number of aliphatic carboxylic acids is 1. The highest BCUT2D eigenvalue weighted by Gasteiger charge is 2.34. The molecule has 0 fully saturated rings. The maximum Gasteiger partial charge on any atom is 0.326 e. The number of H-pyrrole nitrogens is 1. The van der Waals surface area contributed by atoms with Crippen LogP contribution >= 0.6 is 23.5 Å². The third kappa shape index (κ3) is 15.7. The molecule has 1 heterocycles. The maximum atomic E-state index is 14.2. The Bertz CT molecular complexity index is 1840. The number of aromatic amines is 1. The monoisotopic (exact) mass is 856 g/mol. The summed E-state index contributed by atoms with van der Waals surface area (Å²) in [7, 11) is 0. The van der Waals surface area contributed by atoms with E-state index in [-0.39, 0.29) is 37.9 Å². The number of aromatic nitrogens is 1. The molecule has 18 heteroatoms. The van der Waals surface area contributed by atoms with Gasteiger partial charge in [0.1, 0.15) is 36.0 Å². The lowest BCUT2D eigenvalue weighted by Gasteiger charge is -2.28. The predicted octanol–water partition coefficient (Wildman–Crippen LogP) is 1.79. The summed E-state index contributed by atoms with van der Waals surface area (Å²) in [5.41, 5.74) is 14.4. The molecule has 3 aromatic rings. The average molecular weight is 857 g/mol. The Kier molecular flexibility index (Phi) is 20.6. The highest BCUT2D eigenvalue weighted by molar-refractivity contribution is 7.98. The minimum absolute atomic E-state index is 0.00177. The van der Waals surface area contributed by atoms with Crippen LogP contribution in [-0.4, -0.2) is 118 Å². The van der Waals surface area contributed by atoms with Crippen molar-refractivity contribution in [2.45, 2.75) is 95.0 Å². The zero-order valence-electron chi connectivity index (χ0n) is 34.1. The molecule has 0 bridgehead atoms. The van der Waals surface area contributed by atoms with E-state index >= 15 is 0 Å². The Balaban J connectivity index is 1.84. The minimum Gasteiger partial charge on any atom is -0.508 e. The topological polar surface area (TPSA) is 271 Å². The van der Waals surface area contributed by atoms with Gasteiger partial charge in [-0.1, -0.05) is 44.2 Å². The first-order valence-electron chi connectivity index (χ1n) is 19.7. The Morgan fingerprint density at radius 1 is 0.695 bits per heavy atom. The third-order valence-corrected chi connectivity index (χ3v) is 11.0. The van der Waals surface area contributed by atoms with Crippen LogP contribution in [0.5, 0.6) is 5.75 Å². The van der Waals surface area contributed by atoms with E-state index < -0.39 is 77.7 Å². The van der Waals surface area contributed by atoms with Gasteiger partial charge in [0.15, 0.2) is 0 Å². The number of carboxylic acid groups (broad SMARTS) is 1. The largest absolute Gasteiger partial charge is 0.508 e.